The quantitative estimate of drug-likeness (QED) is 0.0562. The van der Waals surface area contributed by atoms with Gasteiger partial charge in [0.25, 0.3) is 0 Å². The molecule has 0 aromatic heterocycles. The minimum absolute atomic E-state index is 1.26. The second-order valence-electron chi connectivity index (χ2n) is 25.9. The highest BCUT2D eigenvalue weighted by Gasteiger charge is 2.18. The topological polar surface area (TPSA) is 19.4 Å². The van der Waals surface area contributed by atoms with Crippen LogP contribution >= 0.6 is 0 Å². The largest absolute Gasteiger partial charge is 0.301 e. The van der Waals surface area contributed by atoms with Crippen LogP contribution in [-0.4, -0.2) is 147 Å². The molecule has 0 aromatic carbocycles. The molecule has 0 N–H and O–H groups in total. The molecule has 1 aliphatic heterocycles. The zero-order chi connectivity index (χ0) is 56.1. The molecule has 0 unspecified atom stereocenters. The van der Waals surface area contributed by atoms with E-state index in [1.165, 1.54) is 426 Å². The summed E-state index contributed by atoms with van der Waals surface area (Å²) in [5.41, 5.74) is 0. The molecule has 6 nitrogen and oxygen atoms in total. The lowest BCUT2D eigenvalue weighted by Crippen LogP contribution is -2.46. The summed E-state index contributed by atoms with van der Waals surface area (Å²) in [6, 6.07) is 0. The van der Waals surface area contributed by atoms with Crippen LogP contribution in [0.25, 0.3) is 0 Å². The highest BCUT2D eigenvalue weighted by Crippen LogP contribution is 2.16. The molecule has 0 bridgehead atoms. The third kappa shape index (κ3) is 52.6. The van der Waals surface area contributed by atoms with Crippen LogP contribution in [0.3, 0.4) is 0 Å². The van der Waals surface area contributed by atoms with Crippen LogP contribution in [0.2, 0.25) is 0 Å². The van der Waals surface area contributed by atoms with E-state index in [9.17, 15) is 0 Å². The molecular formula is C72H150N6. The minimum Gasteiger partial charge on any atom is -0.301 e. The molecule has 0 saturated carbocycles. The lowest BCUT2D eigenvalue weighted by atomic mass is 10.1. The molecular weight excluding hydrogens is 949 g/mol. The van der Waals surface area contributed by atoms with Gasteiger partial charge in [-0.3, -0.25) is 0 Å². The Morgan fingerprint density at radius 2 is 0.218 bits per heavy atom. The maximum Gasteiger partial charge on any atom is 0.0110 e. The predicted octanol–water partition coefficient (Wildman–Crippen LogP) is 20.7. The third-order valence-electron chi connectivity index (χ3n) is 18.4. The summed E-state index contributed by atoms with van der Waals surface area (Å²) < 4.78 is 0. The van der Waals surface area contributed by atoms with Crippen molar-refractivity contribution in [3.8, 4) is 0 Å². The first-order valence-electron chi connectivity index (χ1n) is 36.9. The molecule has 0 radical (unpaired) electrons. The van der Waals surface area contributed by atoms with Crippen molar-refractivity contribution in [1.82, 2.24) is 29.4 Å². The van der Waals surface area contributed by atoms with Crippen molar-refractivity contribution in [2.45, 2.75) is 350 Å². The molecule has 0 spiro atoms. The van der Waals surface area contributed by atoms with E-state index in [0.717, 1.165) is 0 Å². The van der Waals surface area contributed by atoms with Crippen LogP contribution in [0.5, 0.6) is 0 Å². The lowest BCUT2D eigenvalue weighted by Gasteiger charge is -2.34. The Morgan fingerprint density at radius 3 is 0.321 bits per heavy atom. The van der Waals surface area contributed by atoms with Crippen LogP contribution in [0.1, 0.15) is 350 Å². The lowest BCUT2D eigenvalue weighted by molar-refractivity contribution is 0.129. The molecule has 0 atom stereocenters. The van der Waals surface area contributed by atoms with Gasteiger partial charge < -0.3 is 29.4 Å². The predicted molar refractivity (Wildman–Crippen MR) is 354 cm³/mol. The monoisotopic (exact) mass is 1100 g/mol. The van der Waals surface area contributed by atoms with Gasteiger partial charge in [-0.05, 0) is 77.8 Å². The fraction of sp³-hybridized carbons (Fsp3) is 1.00. The van der Waals surface area contributed by atoms with Crippen molar-refractivity contribution in [3.63, 3.8) is 0 Å². The Hall–Kier alpha value is -0.240. The number of hydrogen-bond donors (Lipinski definition) is 0. The van der Waals surface area contributed by atoms with Gasteiger partial charge in [0.15, 0.2) is 0 Å². The first-order valence-corrected chi connectivity index (χ1v) is 36.9. The molecule has 0 aromatic rings. The molecule has 1 heterocycles. The van der Waals surface area contributed by atoms with E-state index in [1.54, 1.807) is 0 Å². The van der Waals surface area contributed by atoms with Gasteiger partial charge in [-0.1, -0.05) is 311 Å². The second-order valence-corrected chi connectivity index (χ2v) is 25.9. The van der Waals surface area contributed by atoms with Crippen molar-refractivity contribution in [1.29, 1.82) is 0 Å². The highest BCUT2D eigenvalue weighted by atomic mass is 15.3. The smallest absolute Gasteiger partial charge is 0.0110 e. The number of rotatable bonds is 54. The molecule has 6 heteroatoms. The Bertz CT molecular complexity index is 863. The third-order valence-corrected chi connectivity index (χ3v) is 18.4. The Kier molecular flexibility index (Phi) is 61.0. The summed E-state index contributed by atoms with van der Waals surface area (Å²) in [4.78, 5) is 17.8. The summed E-state index contributed by atoms with van der Waals surface area (Å²) >= 11 is 0. The first-order chi connectivity index (χ1) is 38.6. The van der Waals surface area contributed by atoms with Gasteiger partial charge in [-0.15, -0.1) is 0 Å². The van der Waals surface area contributed by atoms with Gasteiger partial charge in [0, 0.05) is 78.5 Å². The van der Waals surface area contributed by atoms with Crippen molar-refractivity contribution in [2.75, 3.05) is 118 Å². The first kappa shape index (κ1) is 75.8. The highest BCUT2D eigenvalue weighted by molar-refractivity contribution is 4.74. The maximum absolute atomic E-state index is 2.97. The van der Waals surface area contributed by atoms with Gasteiger partial charge in [-0.25, -0.2) is 0 Å². The Morgan fingerprint density at radius 1 is 0.128 bits per heavy atom. The molecule has 468 valence electrons. The fourth-order valence-corrected chi connectivity index (χ4v) is 12.5. The van der Waals surface area contributed by atoms with Gasteiger partial charge in [0.1, 0.15) is 0 Å². The average Bonchev–Trinajstić information content (AvgIpc) is 3.45. The molecule has 1 rings (SSSR count). The normalized spacial score (nSPS) is 16.4. The fourth-order valence-electron chi connectivity index (χ4n) is 12.5. The Labute approximate surface area is 494 Å². The van der Waals surface area contributed by atoms with Gasteiger partial charge >= 0.3 is 0 Å². The van der Waals surface area contributed by atoms with Gasteiger partial charge in [0.05, 0.1) is 0 Å². The van der Waals surface area contributed by atoms with Gasteiger partial charge in [-0.2, -0.15) is 0 Å². The van der Waals surface area contributed by atoms with Crippen molar-refractivity contribution in [2.24, 2.45) is 0 Å². The molecule has 0 amide bonds. The van der Waals surface area contributed by atoms with E-state index in [2.05, 4.69) is 70.9 Å². The molecule has 1 aliphatic rings. The van der Waals surface area contributed by atoms with Crippen LogP contribution in [0, 0.1) is 0 Å². The van der Waals surface area contributed by atoms with Crippen molar-refractivity contribution in [3.05, 3.63) is 0 Å². The summed E-state index contributed by atoms with van der Waals surface area (Å²) in [5, 5.41) is 0. The summed E-state index contributed by atoms with van der Waals surface area (Å²) in [7, 11) is 0. The Balaban J connectivity index is 3.46. The summed E-state index contributed by atoms with van der Waals surface area (Å²) in [6.45, 7) is 37.0. The van der Waals surface area contributed by atoms with E-state index in [1.807, 2.05) is 0 Å². The van der Waals surface area contributed by atoms with Crippen LogP contribution in [0.4, 0.5) is 0 Å². The van der Waals surface area contributed by atoms with E-state index in [4.69, 9.17) is 0 Å². The van der Waals surface area contributed by atoms with Crippen LogP contribution in [-0.2, 0) is 0 Å². The SMILES string of the molecule is CCCCCCCCCCN1CCN(CCCCCCCCCC)CCN(CCCCCCCCCC)CCN(CCCCCCCCCC)CCN(CCCCCCCCCC)CCN(CCCCCCCCCC)CC1. The van der Waals surface area contributed by atoms with E-state index in [-0.39, 0.29) is 0 Å². The average molecular weight is 1100 g/mol. The summed E-state index contributed by atoms with van der Waals surface area (Å²) in [5.74, 6) is 0. The zero-order valence-electron chi connectivity index (χ0n) is 55.4. The number of unbranched alkanes of at least 4 members (excludes halogenated alkanes) is 42. The van der Waals surface area contributed by atoms with Crippen LogP contribution < -0.4 is 0 Å². The minimum atomic E-state index is 1.26. The molecule has 1 saturated heterocycles. The van der Waals surface area contributed by atoms with Crippen molar-refractivity contribution >= 4 is 0 Å². The molecule has 0 aliphatic carbocycles. The van der Waals surface area contributed by atoms with Crippen LogP contribution in [0.15, 0.2) is 0 Å². The van der Waals surface area contributed by atoms with E-state index < -0.39 is 0 Å². The van der Waals surface area contributed by atoms with E-state index in [0.29, 0.717) is 0 Å². The maximum atomic E-state index is 2.97. The number of hydrogen-bond acceptors (Lipinski definition) is 6. The standard InChI is InChI=1S/C72H150N6/c1-7-13-19-25-31-37-43-49-55-73-61-63-74(56-50-44-38-32-26-20-14-8-2)65-67-76(58-52-46-40-34-28-22-16-10-4)69-71-78(60-54-48-42-36-30-24-18-12-6)72-70-77(59-53-47-41-35-29-23-17-11-5)68-66-75(64-62-73)57-51-45-39-33-27-21-15-9-3/h7-72H2,1-6H3. The van der Waals surface area contributed by atoms with Crippen molar-refractivity contribution < 1.29 is 0 Å². The molecule has 78 heavy (non-hydrogen) atoms. The summed E-state index contributed by atoms with van der Waals surface area (Å²) in [6.07, 6.45) is 68.1. The van der Waals surface area contributed by atoms with E-state index >= 15 is 0 Å². The number of nitrogens with zero attached hydrogens (tertiary/aromatic N) is 6. The zero-order valence-corrected chi connectivity index (χ0v) is 55.4. The second kappa shape index (κ2) is 62.8. The van der Waals surface area contributed by atoms with Gasteiger partial charge in [0.2, 0.25) is 0 Å². The molecule has 1 fully saturated rings.